The average Bonchev–Trinajstić information content (AvgIpc) is 2.75. The number of rotatable bonds is 8. The monoisotopic (exact) mass is 213 g/mol. The molecule has 0 amide bonds. The minimum atomic E-state index is 0.568. The molecule has 0 saturated carbocycles. The molecular formula is C13H27NO. The standard InChI is InChI=1S/C13H27NO/c1-3-7-12(4-2)14-10-5-8-13-9-6-11-15-13/h12-14H,3-11H2,1-2H3. The fourth-order valence-electron chi connectivity index (χ4n) is 2.31. The summed E-state index contributed by atoms with van der Waals surface area (Å²) in [6.07, 6.45) is 9.50. The Morgan fingerprint density at radius 3 is 2.87 bits per heavy atom. The molecular weight excluding hydrogens is 186 g/mol. The highest BCUT2D eigenvalue weighted by molar-refractivity contribution is 4.67. The summed E-state index contributed by atoms with van der Waals surface area (Å²) in [6, 6.07) is 0.736. The molecule has 2 unspecified atom stereocenters. The summed E-state index contributed by atoms with van der Waals surface area (Å²) < 4.78 is 5.61. The van der Waals surface area contributed by atoms with Crippen LogP contribution in [-0.4, -0.2) is 25.3 Å². The SMILES string of the molecule is CCCC(CC)NCCCC1CCCO1. The van der Waals surface area contributed by atoms with E-state index in [4.69, 9.17) is 4.74 Å². The maximum atomic E-state index is 5.61. The van der Waals surface area contributed by atoms with Gasteiger partial charge in [0.15, 0.2) is 0 Å². The van der Waals surface area contributed by atoms with Crippen molar-refractivity contribution in [2.75, 3.05) is 13.2 Å². The number of nitrogens with one attached hydrogen (secondary N) is 1. The lowest BCUT2D eigenvalue weighted by Crippen LogP contribution is -2.29. The Bertz CT molecular complexity index is 143. The summed E-state index contributed by atoms with van der Waals surface area (Å²) >= 11 is 0. The molecule has 0 radical (unpaired) electrons. The van der Waals surface area contributed by atoms with Crippen molar-refractivity contribution < 1.29 is 4.74 Å². The highest BCUT2D eigenvalue weighted by Gasteiger charge is 2.14. The van der Waals surface area contributed by atoms with Crippen LogP contribution in [0.5, 0.6) is 0 Å². The van der Waals surface area contributed by atoms with Gasteiger partial charge in [0.2, 0.25) is 0 Å². The van der Waals surface area contributed by atoms with Crippen molar-refractivity contribution in [2.45, 2.75) is 70.9 Å². The van der Waals surface area contributed by atoms with Crippen LogP contribution in [0.4, 0.5) is 0 Å². The Hall–Kier alpha value is -0.0800. The summed E-state index contributed by atoms with van der Waals surface area (Å²) in [5.74, 6) is 0. The lowest BCUT2D eigenvalue weighted by atomic mass is 10.1. The molecule has 1 fully saturated rings. The zero-order chi connectivity index (χ0) is 10.9. The van der Waals surface area contributed by atoms with E-state index in [0.29, 0.717) is 6.10 Å². The average molecular weight is 213 g/mol. The predicted molar refractivity (Wildman–Crippen MR) is 65.2 cm³/mol. The summed E-state index contributed by atoms with van der Waals surface area (Å²) in [7, 11) is 0. The van der Waals surface area contributed by atoms with Crippen molar-refractivity contribution in [2.24, 2.45) is 0 Å². The zero-order valence-corrected chi connectivity index (χ0v) is 10.4. The van der Waals surface area contributed by atoms with Gasteiger partial charge in [0, 0.05) is 12.6 Å². The van der Waals surface area contributed by atoms with E-state index in [9.17, 15) is 0 Å². The van der Waals surface area contributed by atoms with Gasteiger partial charge in [0.25, 0.3) is 0 Å². The van der Waals surface area contributed by atoms with Gasteiger partial charge in [-0.05, 0) is 45.1 Å². The molecule has 90 valence electrons. The molecule has 1 saturated heterocycles. The van der Waals surface area contributed by atoms with E-state index in [0.717, 1.165) is 12.6 Å². The molecule has 2 heteroatoms. The van der Waals surface area contributed by atoms with E-state index >= 15 is 0 Å². The maximum absolute atomic E-state index is 5.61. The quantitative estimate of drug-likeness (QED) is 0.626. The van der Waals surface area contributed by atoms with Crippen molar-refractivity contribution in [3.05, 3.63) is 0 Å². The molecule has 1 aliphatic rings. The van der Waals surface area contributed by atoms with E-state index in [1.165, 1.54) is 51.5 Å². The first-order valence-electron chi connectivity index (χ1n) is 6.71. The predicted octanol–water partition coefficient (Wildman–Crippen LogP) is 3.11. The van der Waals surface area contributed by atoms with Crippen LogP contribution in [0.15, 0.2) is 0 Å². The van der Waals surface area contributed by atoms with Crippen LogP contribution in [0.2, 0.25) is 0 Å². The first kappa shape index (κ1) is 13.0. The number of hydrogen-bond acceptors (Lipinski definition) is 2. The van der Waals surface area contributed by atoms with E-state index in [2.05, 4.69) is 19.2 Å². The lowest BCUT2D eigenvalue weighted by Gasteiger charge is -2.16. The Balaban J connectivity index is 1.94. The number of hydrogen-bond donors (Lipinski definition) is 1. The second-order valence-electron chi connectivity index (χ2n) is 4.63. The van der Waals surface area contributed by atoms with Crippen LogP contribution in [0.25, 0.3) is 0 Å². The van der Waals surface area contributed by atoms with Gasteiger partial charge in [-0.3, -0.25) is 0 Å². The van der Waals surface area contributed by atoms with Crippen molar-refractivity contribution in [1.82, 2.24) is 5.32 Å². The summed E-state index contributed by atoms with van der Waals surface area (Å²) in [6.45, 7) is 6.69. The van der Waals surface area contributed by atoms with E-state index in [-0.39, 0.29) is 0 Å². The lowest BCUT2D eigenvalue weighted by molar-refractivity contribution is 0.102. The molecule has 0 spiro atoms. The topological polar surface area (TPSA) is 21.3 Å². The molecule has 1 aliphatic heterocycles. The van der Waals surface area contributed by atoms with Crippen LogP contribution < -0.4 is 5.32 Å². The van der Waals surface area contributed by atoms with Crippen LogP contribution in [0.3, 0.4) is 0 Å². The largest absolute Gasteiger partial charge is 0.378 e. The Morgan fingerprint density at radius 2 is 2.27 bits per heavy atom. The second-order valence-corrected chi connectivity index (χ2v) is 4.63. The van der Waals surface area contributed by atoms with Gasteiger partial charge >= 0.3 is 0 Å². The minimum Gasteiger partial charge on any atom is -0.378 e. The molecule has 0 aromatic carbocycles. The van der Waals surface area contributed by atoms with Crippen LogP contribution in [0, 0.1) is 0 Å². The van der Waals surface area contributed by atoms with Gasteiger partial charge in [-0.25, -0.2) is 0 Å². The van der Waals surface area contributed by atoms with Crippen molar-refractivity contribution in [3.8, 4) is 0 Å². The molecule has 0 aromatic heterocycles. The van der Waals surface area contributed by atoms with Gasteiger partial charge in [0.05, 0.1) is 6.10 Å². The summed E-state index contributed by atoms with van der Waals surface area (Å²) in [5, 5.41) is 3.64. The van der Waals surface area contributed by atoms with Gasteiger partial charge < -0.3 is 10.1 Å². The van der Waals surface area contributed by atoms with Crippen LogP contribution >= 0.6 is 0 Å². The normalized spacial score (nSPS) is 23.2. The Labute approximate surface area is 94.8 Å². The van der Waals surface area contributed by atoms with Gasteiger partial charge in [-0.2, -0.15) is 0 Å². The second kappa shape index (κ2) is 8.12. The first-order chi connectivity index (χ1) is 7.36. The van der Waals surface area contributed by atoms with Crippen LogP contribution in [-0.2, 0) is 4.74 Å². The smallest absolute Gasteiger partial charge is 0.0576 e. The molecule has 0 aromatic rings. The highest BCUT2D eigenvalue weighted by atomic mass is 16.5. The summed E-state index contributed by atoms with van der Waals surface area (Å²) in [4.78, 5) is 0. The van der Waals surface area contributed by atoms with Gasteiger partial charge in [-0.15, -0.1) is 0 Å². The highest BCUT2D eigenvalue weighted by Crippen LogP contribution is 2.16. The molecule has 1 N–H and O–H groups in total. The third-order valence-electron chi connectivity index (χ3n) is 3.29. The third-order valence-corrected chi connectivity index (χ3v) is 3.29. The molecule has 0 bridgehead atoms. The molecule has 0 aliphatic carbocycles. The fraction of sp³-hybridized carbons (Fsp3) is 1.00. The Morgan fingerprint density at radius 1 is 1.40 bits per heavy atom. The van der Waals surface area contributed by atoms with Gasteiger partial charge in [-0.1, -0.05) is 20.3 Å². The van der Waals surface area contributed by atoms with Gasteiger partial charge in [0.1, 0.15) is 0 Å². The maximum Gasteiger partial charge on any atom is 0.0576 e. The summed E-state index contributed by atoms with van der Waals surface area (Å²) in [5.41, 5.74) is 0. The van der Waals surface area contributed by atoms with E-state index < -0.39 is 0 Å². The zero-order valence-electron chi connectivity index (χ0n) is 10.4. The molecule has 1 rings (SSSR count). The number of ether oxygens (including phenoxy) is 1. The Kier molecular flexibility index (Phi) is 7.03. The molecule has 15 heavy (non-hydrogen) atoms. The molecule has 2 atom stereocenters. The third kappa shape index (κ3) is 5.53. The van der Waals surface area contributed by atoms with Crippen molar-refractivity contribution in [1.29, 1.82) is 0 Å². The fourth-order valence-corrected chi connectivity index (χ4v) is 2.31. The van der Waals surface area contributed by atoms with E-state index in [1.807, 2.05) is 0 Å². The molecule has 2 nitrogen and oxygen atoms in total. The van der Waals surface area contributed by atoms with Crippen molar-refractivity contribution in [3.63, 3.8) is 0 Å². The van der Waals surface area contributed by atoms with E-state index in [1.54, 1.807) is 0 Å². The minimum absolute atomic E-state index is 0.568. The van der Waals surface area contributed by atoms with Crippen LogP contribution in [0.1, 0.15) is 58.8 Å². The first-order valence-corrected chi connectivity index (χ1v) is 6.71. The molecule has 1 heterocycles. The van der Waals surface area contributed by atoms with Crippen molar-refractivity contribution >= 4 is 0 Å².